The molecule has 16 heavy (non-hydrogen) atoms. The molecule has 0 spiro atoms. The van der Waals surface area contributed by atoms with E-state index in [0.717, 1.165) is 12.0 Å². The third-order valence-electron chi connectivity index (χ3n) is 2.76. The molecule has 1 saturated heterocycles. The van der Waals surface area contributed by atoms with E-state index >= 15 is 0 Å². The number of hydrogen-bond acceptors (Lipinski definition) is 3. The zero-order chi connectivity index (χ0) is 11.5. The van der Waals surface area contributed by atoms with Gasteiger partial charge in [-0.05, 0) is 24.1 Å². The Bertz CT molecular complexity index is 428. The summed E-state index contributed by atoms with van der Waals surface area (Å²) < 4.78 is 4.64. The number of carbonyl (C=O) groups is 2. The van der Waals surface area contributed by atoms with Crippen LogP contribution in [-0.2, 0) is 9.53 Å². The number of ether oxygens (including phenoxy) is 1. The molecule has 1 fully saturated rings. The molecule has 0 saturated carbocycles. The van der Waals surface area contributed by atoms with Crippen molar-refractivity contribution >= 4 is 11.9 Å². The van der Waals surface area contributed by atoms with Crippen LogP contribution in [0.1, 0.15) is 28.3 Å². The van der Waals surface area contributed by atoms with Gasteiger partial charge in [0.1, 0.15) is 0 Å². The summed E-state index contributed by atoms with van der Waals surface area (Å²) >= 11 is 0. The highest BCUT2D eigenvalue weighted by Gasteiger charge is 2.26. The number of nitrogens with one attached hydrogen (secondary N) is 1. The quantitative estimate of drug-likeness (QED) is 0.757. The summed E-state index contributed by atoms with van der Waals surface area (Å²) in [6.07, 6.45) is 0.781. The van der Waals surface area contributed by atoms with Crippen molar-refractivity contribution < 1.29 is 14.3 Å². The van der Waals surface area contributed by atoms with Gasteiger partial charge in [-0.25, -0.2) is 4.79 Å². The minimum Gasteiger partial charge on any atom is -0.465 e. The first kappa shape index (κ1) is 10.7. The van der Waals surface area contributed by atoms with Crippen molar-refractivity contribution in [1.29, 1.82) is 0 Å². The SMILES string of the molecule is COC(=O)c1cccc(C2CCNC2=O)c1. The fourth-order valence-corrected chi connectivity index (χ4v) is 1.91. The third-order valence-corrected chi connectivity index (χ3v) is 2.76. The Labute approximate surface area is 93.6 Å². The smallest absolute Gasteiger partial charge is 0.337 e. The molecule has 2 rings (SSSR count). The van der Waals surface area contributed by atoms with Crippen molar-refractivity contribution in [3.05, 3.63) is 35.4 Å². The molecule has 1 atom stereocenters. The lowest BCUT2D eigenvalue weighted by Crippen LogP contribution is -2.18. The predicted octanol–water partition coefficient (Wildman–Crippen LogP) is 1.08. The van der Waals surface area contributed by atoms with Crippen molar-refractivity contribution in [2.24, 2.45) is 0 Å². The van der Waals surface area contributed by atoms with Gasteiger partial charge >= 0.3 is 5.97 Å². The van der Waals surface area contributed by atoms with E-state index in [0.29, 0.717) is 12.1 Å². The van der Waals surface area contributed by atoms with E-state index in [-0.39, 0.29) is 17.8 Å². The van der Waals surface area contributed by atoms with E-state index in [9.17, 15) is 9.59 Å². The average molecular weight is 219 g/mol. The summed E-state index contributed by atoms with van der Waals surface area (Å²) in [5.41, 5.74) is 1.36. The molecule has 4 heteroatoms. The van der Waals surface area contributed by atoms with Crippen molar-refractivity contribution in [1.82, 2.24) is 5.32 Å². The monoisotopic (exact) mass is 219 g/mol. The van der Waals surface area contributed by atoms with E-state index in [1.165, 1.54) is 7.11 Å². The number of esters is 1. The Morgan fingerprint density at radius 2 is 2.31 bits per heavy atom. The minimum atomic E-state index is -0.375. The summed E-state index contributed by atoms with van der Waals surface area (Å²) in [5, 5.41) is 2.78. The highest BCUT2D eigenvalue weighted by atomic mass is 16.5. The van der Waals surface area contributed by atoms with Crippen molar-refractivity contribution in [3.63, 3.8) is 0 Å². The summed E-state index contributed by atoms with van der Waals surface area (Å²) in [5.74, 6) is -0.480. The average Bonchev–Trinajstić information content (AvgIpc) is 2.74. The van der Waals surface area contributed by atoms with E-state index in [1.807, 2.05) is 6.07 Å². The van der Waals surface area contributed by atoms with Crippen LogP contribution in [0.3, 0.4) is 0 Å². The largest absolute Gasteiger partial charge is 0.465 e. The maximum absolute atomic E-state index is 11.5. The maximum atomic E-state index is 11.5. The summed E-state index contributed by atoms with van der Waals surface area (Å²) in [6, 6.07) is 7.04. The van der Waals surface area contributed by atoms with Crippen LogP contribution in [0, 0.1) is 0 Å². The third kappa shape index (κ3) is 1.91. The highest BCUT2D eigenvalue weighted by Crippen LogP contribution is 2.24. The lowest BCUT2D eigenvalue weighted by atomic mass is 9.96. The predicted molar refractivity (Wildman–Crippen MR) is 58.1 cm³/mol. The van der Waals surface area contributed by atoms with Gasteiger partial charge < -0.3 is 10.1 Å². The molecule has 1 aliphatic rings. The van der Waals surface area contributed by atoms with Crippen LogP contribution in [0.25, 0.3) is 0 Å². The lowest BCUT2D eigenvalue weighted by molar-refractivity contribution is -0.120. The molecule has 1 aromatic rings. The van der Waals surface area contributed by atoms with E-state index < -0.39 is 0 Å². The second-order valence-corrected chi connectivity index (χ2v) is 3.75. The molecule has 1 unspecified atom stereocenters. The van der Waals surface area contributed by atoms with Gasteiger partial charge in [-0.2, -0.15) is 0 Å². The van der Waals surface area contributed by atoms with Crippen LogP contribution < -0.4 is 5.32 Å². The second kappa shape index (κ2) is 4.35. The lowest BCUT2D eigenvalue weighted by Gasteiger charge is -2.08. The first-order valence-electron chi connectivity index (χ1n) is 5.18. The topological polar surface area (TPSA) is 55.4 Å². The molecular weight excluding hydrogens is 206 g/mol. The van der Waals surface area contributed by atoms with Crippen molar-refractivity contribution in [2.75, 3.05) is 13.7 Å². The van der Waals surface area contributed by atoms with Gasteiger partial charge in [-0.3, -0.25) is 4.79 Å². The van der Waals surface area contributed by atoms with Gasteiger partial charge in [0.05, 0.1) is 18.6 Å². The van der Waals surface area contributed by atoms with Crippen molar-refractivity contribution in [2.45, 2.75) is 12.3 Å². The maximum Gasteiger partial charge on any atom is 0.337 e. The number of hydrogen-bond donors (Lipinski definition) is 1. The molecule has 0 aliphatic carbocycles. The first-order chi connectivity index (χ1) is 7.72. The second-order valence-electron chi connectivity index (χ2n) is 3.75. The molecular formula is C12H13NO3. The molecule has 84 valence electrons. The van der Waals surface area contributed by atoms with Gasteiger partial charge in [-0.1, -0.05) is 12.1 Å². The van der Waals surface area contributed by atoms with Gasteiger partial charge in [0.2, 0.25) is 5.91 Å². The van der Waals surface area contributed by atoms with Crippen LogP contribution in [-0.4, -0.2) is 25.5 Å². The number of amides is 1. The zero-order valence-corrected chi connectivity index (χ0v) is 9.03. The van der Waals surface area contributed by atoms with Crippen LogP contribution in [0.2, 0.25) is 0 Å². The Morgan fingerprint density at radius 3 is 2.94 bits per heavy atom. The molecule has 0 aromatic heterocycles. The molecule has 1 N–H and O–H groups in total. The van der Waals surface area contributed by atoms with Crippen LogP contribution in [0.15, 0.2) is 24.3 Å². The Morgan fingerprint density at radius 1 is 1.50 bits per heavy atom. The normalized spacial score (nSPS) is 19.3. The first-order valence-corrected chi connectivity index (χ1v) is 5.18. The van der Waals surface area contributed by atoms with E-state index in [4.69, 9.17) is 0 Å². The summed E-state index contributed by atoms with van der Waals surface area (Å²) in [4.78, 5) is 22.8. The highest BCUT2D eigenvalue weighted by molar-refractivity contribution is 5.91. The molecule has 0 bridgehead atoms. The van der Waals surface area contributed by atoms with Crippen LogP contribution in [0.4, 0.5) is 0 Å². The number of rotatable bonds is 2. The molecule has 4 nitrogen and oxygen atoms in total. The number of benzene rings is 1. The molecule has 1 aromatic carbocycles. The molecule has 0 radical (unpaired) electrons. The number of carbonyl (C=O) groups excluding carboxylic acids is 2. The summed E-state index contributed by atoms with van der Waals surface area (Å²) in [6.45, 7) is 0.700. The van der Waals surface area contributed by atoms with E-state index in [2.05, 4.69) is 10.1 Å². The minimum absolute atomic E-state index is 0.0296. The van der Waals surface area contributed by atoms with Gasteiger partial charge in [0.15, 0.2) is 0 Å². The zero-order valence-electron chi connectivity index (χ0n) is 9.03. The fraction of sp³-hybridized carbons (Fsp3) is 0.333. The van der Waals surface area contributed by atoms with Crippen LogP contribution >= 0.6 is 0 Å². The van der Waals surface area contributed by atoms with Crippen LogP contribution in [0.5, 0.6) is 0 Å². The van der Waals surface area contributed by atoms with Gasteiger partial charge in [-0.15, -0.1) is 0 Å². The van der Waals surface area contributed by atoms with E-state index in [1.54, 1.807) is 18.2 Å². The summed E-state index contributed by atoms with van der Waals surface area (Å²) in [7, 11) is 1.34. The Balaban J connectivity index is 2.28. The Hall–Kier alpha value is -1.84. The number of methoxy groups -OCH3 is 1. The van der Waals surface area contributed by atoms with Gasteiger partial charge in [0.25, 0.3) is 0 Å². The van der Waals surface area contributed by atoms with Crippen molar-refractivity contribution in [3.8, 4) is 0 Å². The fourth-order valence-electron chi connectivity index (χ4n) is 1.91. The van der Waals surface area contributed by atoms with Gasteiger partial charge in [0, 0.05) is 6.54 Å². The molecule has 1 heterocycles. The molecule has 1 aliphatic heterocycles. The Kier molecular flexibility index (Phi) is 2.90. The standard InChI is InChI=1S/C12H13NO3/c1-16-12(15)9-4-2-3-8(7-9)10-5-6-13-11(10)14/h2-4,7,10H,5-6H2,1H3,(H,13,14). The molecule has 1 amide bonds.